The zero-order valence-electron chi connectivity index (χ0n) is 18.6. The van der Waals surface area contributed by atoms with Crippen LogP contribution in [0.4, 0.5) is 10.5 Å². The number of aryl methyl sites for hydroxylation is 1. The van der Waals surface area contributed by atoms with Crippen LogP contribution in [0, 0.1) is 6.92 Å². The van der Waals surface area contributed by atoms with Gasteiger partial charge in [-0.2, -0.15) is 4.68 Å². The molecule has 0 aliphatic rings. The van der Waals surface area contributed by atoms with Crippen molar-refractivity contribution in [2.24, 2.45) is 0 Å². The number of benzene rings is 3. The van der Waals surface area contributed by atoms with E-state index in [1.165, 1.54) is 11.1 Å². The average Bonchev–Trinajstić information content (AvgIpc) is 3.28. The van der Waals surface area contributed by atoms with Crippen molar-refractivity contribution in [2.75, 3.05) is 19.0 Å². The van der Waals surface area contributed by atoms with E-state index in [1.807, 2.05) is 36.4 Å². The maximum atomic E-state index is 12.6. The SMILES string of the molecule is COc1ccc(NC(=O)NCCC(c2ccccc2)c2ccccc2)cc1-n1nnnc1C. The van der Waals surface area contributed by atoms with Crippen molar-refractivity contribution in [1.29, 1.82) is 0 Å². The zero-order valence-corrected chi connectivity index (χ0v) is 18.6. The van der Waals surface area contributed by atoms with Gasteiger partial charge in [0.05, 0.1) is 7.11 Å². The van der Waals surface area contributed by atoms with Gasteiger partial charge in [0.15, 0.2) is 5.82 Å². The predicted octanol–water partition coefficient (Wildman–Crippen LogP) is 4.32. The smallest absolute Gasteiger partial charge is 0.319 e. The summed E-state index contributed by atoms with van der Waals surface area (Å²) in [6.07, 6.45) is 0.777. The molecule has 1 aromatic heterocycles. The van der Waals surface area contributed by atoms with Crippen molar-refractivity contribution >= 4 is 11.7 Å². The largest absolute Gasteiger partial charge is 0.494 e. The standard InChI is InChI=1S/C25H26N6O2/c1-18-28-29-30-31(18)23-17-21(13-14-24(23)33-2)27-25(32)26-16-15-22(19-9-5-3-6-10-19)20-11-7-4-8-12-20/h3-14,17,22H,15-16H2,1-2H3,(H2,26,27,32). The van der Waals surface area contributed by atoms with E-state index >= 15 is 0 Å². The fraction of sp³-hybridized carbons (Fsp3) is 0.200. The quantitative estimate of drug-likeness (QED) is 0.424. The van der Waals surface area contributed by atoms with Crippen LogP contribution >= 0.6 is 0 Å². The minimum absolute atomic E-state index is 0.197. The van der Waals surface area contributed by atoms with Gasteiger partial charge < -0.3 is 15.4 Å². The molecular weight excluding hydrogens is 416 g/mol. The summed E-state index contributed by atoms with van der Waals surface area (Å²) in [6.45, 7) is 2.32. The lowest BCUT2D eigenvalue weighted by Gasteiger charge is -2.18. The van der Waals surface area contributed by atoms with Crippen LogP contribution in [-0.4, -0.2) is 39.9 Å². The normalized spacial score (nSPS) is 10.8. The van der Waals surface area contributed by atoms with E-state index in [0.29, 0.717) is 29.5 Å². The maximum Gasteiger partial charge on any atom is 0.319 e. The Morgan fingerprint density at radius 1 is 1.00 bits per heavy atom. The molecule has 4 rings (SSSR count). The number of amides is 2. The van der Waals surface area contributed by atoms with Crippen LogP contribution in [0.5, 0.6) is 5.75 Å². The van der Waals surface area contributed by atoms with Crippen molar-refractivity contribution in [1.82, 2.24) is 25.5 Å². The number of aromatic nitrogens is 4. The number of nitrogens with zero attached hydrogens (tertiary/aromatic N) is 4. The Morgan fingerprint density at radius 3 is 2.24 bits per heavy atom. The van der Waals surface area contributed by atoms with E-state index in [9.17, 15) is 4.79 Å². The first-order valence-electron chi connectivity index (χ1n) is 10.7. The molecule has 33 heavy (non-hydrogen) atoms. The number of carbonyl (C=O) groups excluding carboxylic acids is 1. The van der Waals surface area contributed by atoms with Crippen LogP contribution in [0.25, 0.3) is 5.69 Å². The lowest BCUT2D eigenvalue weighted by atomic mass is 9.88. The summed E-state index contributed by atoms with van der Waals surface area (Å²) in [7, 11) is 1.58. The topological polar surface area (TPSA) is 94.0 Å². The summed E-state index contributed by atoms with van der Waals surface area (Å²) in [5, 5.41) is 17.4. The number of tetrazole rings is 1. The second-order valence-corrected chi connectivity index (χ2v) is 7.57. The first-order valence-corrected chi connectivity index (χ1v) is 10.7. The highest BCUT2D eigenvalue weighted by molar-refractivity contribution is 5.89. The minimum atomic E-state index is -0.278. The number of hydrogen-bond acceptors (Lipinski definition) is 5. The zero-order chi connectivity index (χ0) is 23.0. The molecular formula is C25H26N6O2. The number of nitrogens with one attached hydrogen (secondary N) is 2. The van der Waals surface area contributed by atoms with Gasteiger partial charge in [-0.05, 0) is 53.1 Å². The molecule has 0 bridgehead atoms. The average molecular weight is 443 g/mol. The van der Waals surface area contributed by atoms with Crippen molar-refractivity contribution in [2.45, 2.75) is 19.3 Å². The molecule has 3 aromatic carbocycles. The summed E-state index contributed by atoms with van der Waals surface area (Å²) in [5.41, 5.74) is 3.71. The monoisotopic (exact) mass is 442 g/mol. The fourth-order valence-corrected chi connectivity index (χ4v) is 3.79. The van der Waals surface area contributed by atoms with Crippen LogP contribution < -0.4 is 15.4 Å². The fourth-order valence-electron chi connectivity index (χ4n) is 3.79. The van der Waals surface area contributed by atoms with E-state index < -0.39 is 0 Å². The predicted molar refractivity (Wildman–Crippen MR) is 127 cm³/mol. The Bertz CT molecular complexity index is 1150. The van der Waals surface area contributed by atoms with Gasteiger partial charge in [0.1, 0.15) is 11.4 Å². The minimum Gasteiger partial charge on any atom is -0.494 e. The lowest BCUT2D eigenvalue weighted by Crippen LogP contribution is -2.30. The Morgan fingerprint density at radius 2 is 1.67 bits per heavy atom. The van der Waals surface area contributed by atoms with Gasteiger partial charge in [0.2, 0.25) is 0 Å². The lowest BCUT2D eigenvalue weighted by molar-refractivity contribution is 0.252. The summed E-state index contributed by atoms with van der Waals surface area (Å²) >= 11 is 0. The molecule has 0 spiro atoms. The van der Waals surface area contributed by atoms with Crippen molar-refractivity contribution in [3.05, 3.63) is 95.8 Å². The molecule has 0 aliphatic carbocycles. The molecule has 8 nitrogen and oxygen atoms in total. The number of anilines is 1. The Hall–Kier alpha value is -4.20. The highest BCUT2D eigenvalue weighted by atomic mass is 16.5. The highest BCUT2D eigenvalue weighted by Gasteiger charge is 2.15. The third kappa shape index (κ3) is 5.35. The van der Waals surface area contributed by atoms with Gasteiger partial charge >= 0.3 is 6.03 Å². The van der Waals surface area contributed by atoms with Gasteiger partial charge in [-0.15, -0.1) is 5.10 Å². The van der Waals surface area contributed by atoms with Crippen molar-refractivity contribution in [3.63, 3.8) is 0 Å². The summed E-state index contributed by atoms with van der Waals surface area (Å²) < 4.78 is 6.98. The first-order chi connectivity index (χ1) is 16.2. The van der Waals surface area contributed by atoms with Crippen molar-refractivity contribution in [3.8, 4) is 11.4 Å². The molecule has 168 valence electrons. The molecule has 0 saturated heterocycles. The number of ether oxygens (including phenoxy) is 1. The van der Waals surface area contributed by atoms with E-state index in [-0.39, 0.29) is 11.9 Å². The molecule has 0 unspecified atom stereocenters. The summed E-state index contributed by atoms with van der Waals surface area (Å²) in [4.78, 5) is 12.6. The maximum absolute atomic E-state index is 12.6. The van der Waals surface area contributed by atoms with Gasteiger partial charge in [0, 0.05) is 18.2 Å². The van der Waals surface area contributed by atoms with E-state index in [4.69, 9.17) is 4.74 Å². The van der Waals surface area contributed by atoms with E-state index in [0.717, 1.165) is 6.42 Å². The molecule has 8 heteroatoms. The number of methoxy groups -OCH3 is 1. The molecule has 2 amide bonds. The molecule has 4 aromatic rings. The number of carbonyl (C=O) groups is 1. The number of rotatable bonds is 8. The summed E-state index contributed by atoms with van der Waals surface area (Å²) in [6, 6.07) is 25.7. The van der Waals surface area contributed by atoms with Crippen LogP contribution in [0.15, 0.2) is 78.9 Å². The van der Waals surface area contributed by atoms with E-state index in [2.05, 4.69) is 50.4 Å². The molecule has 0 aliphatic heterocycles. The molecule has 0 radical (unpaired) electrons. The third-order valence-corrected chi connectivity index (χ3v) is 5.41. The Labute approximate surface area is 192 Å². The van der Waals surface area contributed by atoms with Crippen LogP contribution in [0.2, 0.25) is 0 Å². The number of hydrogen-bond donors (Lipinski definition) is 2. The first kappa shape index (κ1) is 22.0. The number of urea groups is 1. The van der Waals surface area contributed by atoms with Crippen molar-refractivity contribution < 1.29 is 9.53 Å². The summed E-state index contributed by atoms with van der Waals surface area (Å²) in [5.74, 6) is 1.41. The second kappa shape index (κ2) is 10.4. The van der Waals surface area contributed by atoms with Crippen LogP contribution in [0.1, 0.15) is 29.3 Å². The molecule has 0 saturated carbocycles. The van der Waals surface area contributed by atoms with E-state index in [1.54, 1.807) is 36.9 Å². The van der Waals surface area contributed by atoms with Crippen LogP contribution in [-0.2, 0) is 0 Å². The van der Waals surface area contributed by atoms with Gasteiger partial charge in [-0.3, -0.25) is 0 Å². The molecule has 2 N–H and O–H groups in total. The van der Waals surface area contributed by atoms with Crippen LogP contribution in [0.3, 0.4) is 0 Å². The van der Waals surface area contributed by atoms with Gasteiger partial charge in [0.25, 0.3) is 0 Å². The van der Waals surface area contributed by atoms with Gasteiger partial charge in [-0.25, -0.2) is 4.79 Å². The molecule has 0 atom stereocenters. The van der Waals surface area contributed by atoms with Gasteiger partial charge in [-0.1, -0.05) is 60.7 Å². The Balaban J connectivity index is 1.41. The molecule has 0 fully saturated rings. The highest BCUT2D eigenvalue weighted by Crippen LogP contribution is 2.28. The third-order valence-electron chi connectivity index (χ3n) is 5.41. The molecule has 1 heterocycles. The second-order valence-electron chi connectivity index (χ2n) is 7.57. The Kier molecular flexibility index (Phi) is 6.94.